The smallest absolute Gasteiger partial charge is 0.258 e. The Hall–Kier alpha value is -1.03. The molecule has 1 aliphatic heterocycles. The molecule has 0 atom stereocenters. The summed E-state index contributed by atoms with van der Waals surface area (Å²) in [7, 11) is 0. The fourth-order valence-electron chi connectivity index (χ4n) is 0.500. The van der Waals surface area contributed by atoms with Crippen molar-refractivity contribution in [1.82, 2.24) is 0 Å². The normalized spacial score (nSPS) is 16.2. The standard InChI is InChI=1S/C6H5NO2S/c8-7(9)6-4-2-1-3-5-10-6/h1-5H. The Labute approximate surface area is 62.3 Å². The zero-order valence-electron chi connectivity index (χ0n) is 5.06. The van der Waals surface area contributed by atoms with Crippen LogP contribution in [-0.4, -0.2) is 4.92 Å². The molecule has 0 amide bonds. The largest absolute Gasteiger partial charge is 0.307 e. The van der Waals surface area contributed by atoms with Crippen LogP contribution in [0.1, 0.15) is 0 Å². The lowest BCUT2D eigenvalue weighted by Gasteiger charge is -1.87. The van der Waals surface area contributed by atoms with E-state index in [9.17, 15) is 10.1 Å². The van der Waals surface area contributed by atoms with E-state index >= 15 is 0 Å². The number of rotatable bonds is 1. The van der Waals surface area contributed by atoms with Gasteiger partial charge in [0.1, 0.15) is 0 Å². The molecule has 0 radical (unpaired) electrons. The van der Waals surface area contributed by atoms with Gasteiger partial charge in [-0.3, -0.25) is 10.1 Å². The maximum absolute atomic E-state index is 10.2. The summed E-state index contributed by atoms with van der Waals surface area (Å²) in [6, 6.07) is 0. The van der Waals surface area contributed by atoms with Crippen LogP contribution in [0.15, 0.2) is 34.7 Å². The highest BCUT2D eigenvalue weighted by atomic mass is 32.2. The van der Waals surface area contributed by atoms with Crippen molar-refractivity contribution in [3.8, 4) is 0 Å². The second kappa shape index (κ2) is 3.22. The van der Waals surface area contributed by atoms with Crippen LogP contribution in [-0.2, 0) is 0 Å². The molecule has 1 rings (SSSR count). The Kier molecular flexibility index (Phi) is 2.28. The van der Waals surface area contributed by atoms with E-state index in [0.29, 0.717) is 0 Å². The Bertz CT molecular complexity index is 230. The summed E-state index contributed by atoms with van der Waals surface area (Å²) in [5.41, 5.74) is 0. The molecule has 52 valence electrons. The van der Waals surface area contributed by atoms with Crippen molar-refractivity contribution in [2.45, 2.75) is 0 Å². The molecule has 0 aromatic heterocycles. The van der Waals surface area contributed by atoms with E-state index in [2.05, 4.69) is 0 Å². The number of allylic oxidation sites excluding steroid dienone is 4. The van der Waals surface area contributed by atoms with Crippen LogP contribution in [0.5, 0.6) is 0 Å². The van der Waals surface area contributed by atoms with Gasteiger partial charge in [0.15, 0.2) is 0 Å². The summed E-state index contributed by atoms with van der Waals surface area (Å²) < 4.78 is 0. The van der Waals surface area contributed by atoms with Crippen molar-refractivity contribution < 1.29 is 4.92 Å². The van der Waals surface area contributed by atoms with Crippen molar-refractivity contribution in [2.24, 2.45) is 0 Å². The topological polar surface area (TPSA) is 43.1 Å². The van der Waals surface area contributed by atoms with Gasteiger partial charge >= 0.3 is 5.03 Å². The summed E-state index contributed by atoms with van der Waals surface area (Å²) in [5.74, 6) is 0. The van der Waals surface area contributed by atoms with Crippen LogP contribution in [0, 0.1) is 10.1 Å². The molecule has 0 unspecified atom stereocenters. The highest BCUT2D eigenvalue weighted by Gasteiger charge is 2.07. The summed E-state index contributed by atoms with van der Waals surface area (Å²) in [4.78, 5) is 9.76. The monoisotopic (exact) mass is 155 g/mol. The van der Waals surface area contributed by atoms with Crippen molar-refractivity contribution in [3.05, 3.63) is 44.9 Å². The third-order valence-electron chi connectivity index (χ3n) is 0.908. The molecule has 0 fully saturated rings. The van der Waals surface area contributed by atoms with E-state index in [4.69, 9.17) is 0 Å². The van der Waals surface area contributed by atoms with Crippen molar-refractivity contribution >= 4 is 11.8 Å². The van der Waals surface area contributed by atoms with Crippen molar-refractivity contribution in [1.29, 1.82) is 0 Å². The Morgan fingerprint density at radius 2 is 2.20 bits per heavy atom. The van der Waals surface area contributed by atoms with Gasteiger partial charge in [0.2, 0.25) is 0 Å². The van der Waals surface area contributed by atoms with Crippen LogP contribution in [0.2, 0.25) is 0 Å². The molecule has 10 heavy (non-hydrogen) atoms. The Balaban J connectivity index is 2.78. The summed E-state index contributed by atoms with van der Waals surface area (Å²) in [5, 5.41) is 12.0. The van der Waals surface area contributed by atoms with Gasteiger partial charge in [0, 0.05) is 6.08 Å². The van der Waals surface area contributed by atoms with E-state index in [0.717, 1.165) is 11.8 Å². The molecule has 0 aliphatic carbocycles. The van der Waals surface area contributed by atoms with Gasteiger partial charge in [-0.25, -0.2) is 0 Å². The molecule has 0 saturated carbocycles. The maximum Gasteiger partial charge on any atom is 0.307 e. The molecule has 4 heteroatoms. The predicted octanol–water partition coefficient (Wildman–Crippen LogP) is 1.92. The van der Waals surface area contributed by atoms with E-state index in [1.165, 1.54) is 6.08 Å². The highest BCUT2D eigenvalue weighted by molar-refractivity contribution is 8.05. The van der Waals surface area contributed by atoms with E-state index in [1.807, 2.05) is 0 Å². The lowest BCUT2D eigenvalue weighted by Crippen LogP contribution is -1.91. The molecular weight excluding hydrogens is 150 g/mol. The molecule has 3 nitrogen and oxygen atoms in total. The van der Waals surface area contributed by atoms with Gasteiger partial charge in [-0.05, 0) is 17.2 Å². The summed E-state index contributed by atoms with van der Waals surface area (Å²) in [6.45, 7) is 0. The minimum absolute atomic E-state index is 0.157. The first-order valence-corrected chi connectivity index (χ1v) is 3.53. The van der Waals surface area contributed by atoms with Crippen LogP contribution < -0.4 is 0 Å². The summed E-state index contributed by atoms with van der Waals surface area (Å²) in [6.07, 6.45) is 6.64. The zero-order chi connectivity index (χ0) is 7.40. The number of nitro groups is 1. The Morgan fingerprint density at radius 3 is 2.90 bits per heavy atom. The quantitative estimate of drug-likeness (QED) is 0.429. The fourth-order valence-corrected chi connectivity index (χ4v) is 1.05. The number of hydrogen-bond donors (Lipinski definition) is 0. The first kappa shape index (κ1) is 7.08. The minimum atomic E-state index is -0.398. The third kappa shape index (κ3) is 1.73. The van der Waals surface area contributed by atoms with Crippen molar-refractivity contribution in [3.63, 3.8) is 0 Å². The second-order valence-electron chi connectivity index (χ2n) is 1.59. The van der Waals surface area contributed by atoms with Gasteiger partial charge in [0.05, 0.1) is 4.92 Å². The van der Waals surface area contributed by atoms with E-state index in [-0.39, 0.29) is 5.03 Å². The molecule has 1 aliphatic rings. The fraction of sp³-hybridized carbons (Fsp3) is 0. The lowest BCUT2D eigenvalue weighted by molar-refractivity contribution is -0.410. The van der Waals surface area contributed by atoms with Crippen LogP contribution in [0.25, 0.3) is 0 Å². The molecule has 0 aromatic rings. The third-order valence-corrected chi connectivity index (χ3v) is 1.73. The summed E-state index contributed by atoms with van der Waals surface area (Å²) >= 11 is 1.11. The molecule has 0 spiro atoms. The first-order valence-electron chi connectivity index (χ1n) is 2.65. The van der Waals surface area contributed by atoms with Gasteiger partial charge < -0.3 is 0 Å². The maximum atomic E-state index is 10.2. The second-order valence-corrected chi connectivity index (χ2v) is 2.52. The zero-order valence-corrected chi connectivity index (χ0v) is 5.88. The molecule has 1 heterocycles. The lowest BCUT2D eigenvalue weighted by atomic mass is 10.5. The molecule has 0 saturated heterocycles. The van der Waals surface area contributed by atoms with Crippen LogP contribution in [0.4, 0.5) is 0 Å². The highest BCUT2D eigenvalue weighted by Crippen LogP contribution is 2.19. The first-order chi connectivity index (χ1) is 4.80. The number of hydrogen-bond acceptors (Lipinski definition) is 3. The van der Waals surface area contributed by atoms with Gasteiger partial charge in [0.25, 0.3) is 0 Å². The van der Waals surface area contributed by atoms with Crippen LogP contribution >= 0.6 is 11.8 Å². The van der Waals surface area contributed by atoms with Gasteiger partial charge in [-0.15, -0.1) is 0 Å². The predicted molar refractivity (Wildman–Crippen MR) is 40.9 cm³/mol. The molecular formula is C6H5NO2S. The number of nitrogens with zero attached hydrogens (tertiary/aromatic N) is 1. The molecule has 0 bridgehead atoms. The SMILES string of the molecule is O=[N+]([O-])C1=CC=CC=CS1. The van der Waals surface area contributed by atoms with E-state index in [1.54, 1.807) is 23.6 Å². The number of thioether (sulfide) groups is 1. The van der Waals surface area contributed by atoms with Crippen molar-refractivity contribution in [2.75, 3.05) is 0 Å². The van der Waals surface area contributed by atoms with Crippen LogP contribution in [0.3, 0.4) is 0 Å². The minimum Gasteiger partial charge on any atom is -0.258 e. The average Bonchev–Trinajstić information content (AvgIpc) is 2.12. The van der Waals surface area contributed by atoms with Gasteiger partial charge in [-0.1, -0.05) is 18.2 Å². The van der Waals surface area contributed by atoms with Gasteiger partial charge in [-0.2, -0.15) is 0 Å². The average molecular weight is 155 g/mol. The van der Waals surface area contributed by atoms with E-state index < -0.39 is 4.92 Å². The molecule has 0 N–H and O–H groups in total. The molecule has 0 aromatic carbocycles. The Morgan fingerprint density at radius 1 is 1.40 bits per heavy atom.